The van der Waals surface area contributed by atoms with E-state index >= 15 is 0 Å². The van der Waals surface area contributed by atoms with Crippen LogP contribution in [0.5, 0.6) is 0 Å². The topological polar surface area (TPSA) is 24.5 Å². The van der Waals surface area contributed by atoms with Gasteiger partial charge in [0, 0.05) is 32.7 Å². The summed E-state index contributed by atoms with van der Waals surface area (Å²) in [6.07, 6.45) is 0.849. The number of ether oxygens (including phenoxy) is 1. The molecule has 1 aromatic rings. The first-order chi connectivity index (χ1) is 8.84. The average Bonchev–Trinajstić information content (AvgIpc) is 2.42. The maximum atomic E-state index is 12.7. The van der Waals surface area contributed by atoms with E-state index in [9.17, 15) is 4.39 Å². The lowest BCUT2D eigenvalue weighted by Gasteiger charge is -2.26. The molecular weight excluding hydrogens is 231 g/mol. The second-order valence-electron chi connectivity index (χ2n) is 4.58. The van der Waals surface area contributed by atoms with Gasteiger partial charge >= 0.3 is 0 Å². The van der Waals surface area contributed by atoms with Crippen LogP contribution < -0.4 is 5.32 Å². The Balaban J connectivity index is 1.54. The minimum atomic E-state index is -0.182. The molecule has 4 heteroatoms. The van der Waals surface area contributed by atoms with E-state index in [1.54, 1.807) is 0 Å². The van der Waals surface area contributed by atoms with Gasteiger partial charge in [0.2, 0.25) is 0 Å². The van der Waals surface area contributed by atoms with Gasteiger partial charge < -0.3 is 10.1 Å². The van der Waals surface area contributed by atoms with Gasteiger partial charge in [-0.15, -0.1) is 0 Å². The lowest BCUT2D eigenvalue weighted by Crippen LogP contribution is -2.44. The number of hydrogen-bond donors (Lipinski definition) is 1. The fourth-order valence-electron chi connectivity index (χ4n) is 2.07. The first-order valence-electron chi connectivity index (χ1n) is 6.60. The van der Waals surface area contributed by atoms with Crippen LogP contribution in [0.3, 0.4) is 0 Å². The zero-order valence-electron chi connectivity index (χ0n) is 10.7. The number of benzene rings is 1. The quantitative estimate of drug-likeness (QED) is 0.772. The normalized spacial score (nSPS) is 16.9. The van der Waals surface area contributed by atoms with E-state index in [0.29, 0.717) is 6.61 Å². The van der Waals surface area contributed by atoms with Gasteiger partial charge in [0.15, 0.2) is 0 Å². The molecule has 2 rings (SSSR count). The zero-order chi connectivity index (χ0) is 12.6. The molecule has 1 saturated heterocycles. The van der Waals surface area contributed by atoms with Crippen LogP contribution in [0.15, 0.2) is 24.3 Å². The molecule has 3 nitrogen and oxygen atoms in total. The SMILES string of the molecule is Fc1ccc(CCOCCN2CCNCC2)cc1. The molecule has 0 radical (unpaired) electrons. The summed E-state index contributed by atoms with van der Waals surface area (Å²) >= 11 is 0. The van der Waals surface area contributed by atoms with Crippen LogP contribution in [0, 0.1) is 5.82 Å². The molecule has 1 fully saturated rings. The number of rotatable bonds is 6. The van der Waals surface area contributed by atoms with E-state index < -0.39 is 0 Å². The van der Waals surface area contributed by atoms with Crippen molar-refractivity contribution in [3.8, 4) is 0 Å². The van der Waals surface area contributed by atoms with Gasteiger partial charge in [0.25, 0.3) is 0 Å². The Morgan fingerprint density at radius 2 is 1.83 bits per heavy atom. The van der Waals surface area contributed by atoms with Crippen molar-refractivity contribution in [2.24, 2.45) is 0 Å². The minimum absolute atomic E-state index is 0.182. The first-order valence-corrected chi connectivity index (χ1v) is 6.60. The fourth-order valence-corrected chi connectivity index (χ4v) is 2.07. The van der Waals surface area contributed by atoms with Crippen molar-refractivity contribution in [2.45, 2.75) is 6.42 Å². The standard InChI is InChI=1S/C14H21FN2O/c15-14-3-1-13(2-4-14)5-11-18-12-10-17-8-6-16-7-9-17/h1-4,16H,5-12H2. The second-order valence-corrected chi connectivity index (χ2v) is 4.58. The van der Waals surface area contributed by atoms with Crippen LogP contribution in [0.4, 0.5) is 4.39 Å². The van der Waals surface area contributed by atoms with Crippen LogP contribution >= 0.6 is 0 Å². The van der Waals surface area contributed by atoms with E-state index in [1.807, 2.05) is 12.1 Å². The number of hydrogen-bond acceptors (Lipinski definition) is 3. The van der Waals surface area contributed by atoms with Crippen molar-refractivity contribution >= 4 is 0 Å². The van der Waals surface area contributed by atoms with Gasteiger partial charge in [-0.05, 0) is 24.1 Å². The molecule has 0 amide bonds. The summed E-state index contributed by atoms with van der Waals surface area (Å²) in [6.45, 7) is 6.87. The monoisotopic (exact) mass is 252 g/mol. The van der Waals surface area contributed by atoms with Crippen LogP contribution in [0.25, 0.3) is 0 Å². The van der Waals surface area contributed by atoms with Gasteiger partial charge in [-0.2, -0.15) is 0 Å². The highest BCUT2D eigenvalue weighted by Gasteiger charge is 2.08. The molecule has 1 aromatic carbocycles. The van der Waals surface area contributed by atoms with Crippen molar-refractivity contribution in [3.05, 3.63) is 35.6 Å². The van der Waals surface area contributed by atoms with Crippen molar-refractivity contribution in [2.75, 3.05) is 45.9 Å². The Bertz CT molecular complexity index is 336. The molecule has 1 N–H and O–H groups in total. The molecule has 0 saturated carbocycles. The van der Waals surface area contributed by atoms with Gasteiger partial charge in [-0.3, -0.25) is 4.90 Å². The number of nitrogens with zero attached hydrogens (tertiary/aromatic N) is 1. The molecule has 0 spiro atoms. The largest absolute Gasteiger partial charge is 0.380 e. The van der Waals surface area contributed by atoms with Gasteiger partial charge in [-0.1, -0.05) is 12.1 Å². The van der Waals surface area contributed by atoms with E-state index in [4.69, 9.17) is 4.74 Å². The highest BCUT2D eigenvalue weighted by Crippen LogP contribution is 2.03. The van der Waals surface area contributed by atoms with E-state index in [2.05, 4.69) is 10.2 Å². The van der Waals surface area contributed by atoms with E-state index in [0.717, 1.165) is 51.3 Å². The number of nitrogens with one attached hydrogen (secondary N) is 1. The van der Waals surface area contributed by atoms with Crippen molar-refractivity contribution in [1.82, 2.24) is 10.2 Å². The molecule has 0 atom stereocenters. The molecule has 0 bridgehead atoms. The van der Waals surface area contributed by atoms with Crippen LogP contribution in [0.1, 0.15) is 5.56 Å². The molecule has 0 unspecified atom stereocenters. The Kier molecular flexibility index (Phi) is 5.58. The minimum Gasteiger partial charge on any atom is -0.380 e. The Morgan fingerprint density at radius 1 is 1.11 bits per heavy atom. The number of halogens is 1. The predicted octanol–water partition coefficient (Wildman–Crippen LogP) is 1.29. The third-order valence-corrected chi connectivity index (χ3v) is 3.21. The van der Waals surface area contributed by atoms with Crippen LogP contribution in [-0.4, -0.2) is 50.8 Å². The second kappa shape index (κ2) is 7.46. The summed E-state index contributed by atoms with van der Waals surface area (Å²) in [4.78, 5) is 2.41. The predicted molar refractivity (Wildman–Crippen MR) is 70.2 cm³/mol. The van der Waals surface area contributed by atoms with Crippen LogP contribution in [0.2, 0.25) is 0 Å². The summed E-state index contributed by atoms with van der Waals surface area (Å²) < 4.78 is 18.3. The van der Waals surface area contributed by atoms with E-state index in [1.165, 1.54) is 12.1 Å². The Labute approximate surface area is 108 Å². The summed E-state index contributed by atoms with van der Waals surface area (Å²) in [5, 5.41) is 3.33. The fraction of sp³-hybridized carbons (Fsp3) is 0.571. The lowest BCUT2D eigenvalue weighted by atomic mass is 10.2. The lowest BCUT2D eigenvalue weighted by molar-refractivity contribution is 0.101. The van der Waals surface area contributed by atoms with Crippen molar-refractivity contribution in [1.29, 1.82) is 0 Å². The molecule has 1 aliphatic rings. The zero-order valence-corrected chi connectivity index (χ0v) is 10.7. The van der Waals surface area contributed by atoms with E-state index in [-0.39, 0.29) is 5.82 Å². The molecule has 0 aromatic heterocycles. The molecule has 18 heavy (non-hydrogen) atoms. The highest BCUT2D eigenvalue weighted by molar-refractivity contribution is 5.15. The van der Waals surface area contributed by atoms with Gasteiger partial charge in [0.05, 0.1) is 13.2 Å². The highest BCUT2D eigenvalue weighted by atomic mass is 19.1. The third-order valence-electron chi connectivity index (χ3n) is 3.21. The molecular formula is C14H21FN2O. The summed E-state index contributed by atoms with van der Waals surface area (Å²) in [7, 11) is 0. The molecule has 1 heterocycles. The first kappa shape index (κ1) is 13.5. The maximum absolute atomic E-state index is 12.7. The Hall–Kier alpha value is -0.970. The smallest absolute Gasteiger partial charge is 0.123 e. The Morgan fingerprint density at radius 3 is 2.56 bits per heavy atom. The summed E-state index contributed by atoms with van der Waals surface area (Å²) in [5.74, 6) is -0.182. The van der Waals surface area contributed by atoms with Gasteiger partial charge in [-0.25, -0.2) is 4.39 Å². The van der Waals surface area contributed by atoms with Crippen LogP contribution in [-0.2, 0) is 11.2 Å². The maximum Gasteiger partial charge on any atom is 0.123 e. The molecule has 0 aliphatic carbocycles. The number of piperazine rings is 1. The van der Waals surface area contributed by atoms with Crippen molar-refractivity contribution in [3.63, 3.8) is 0 Å². The average molecular weight is 252 g/mol. The summed E-state index contributed by atoms with van der Waals surface area (Å²) in [6, 6.07) is 6.62. The summed E-state index contributed by atoms with van der Waals surface area (Å²) in [5.41, 5.74) is 1.12. The van der Waals surface area contributed by atoms with Gasteiger partial charge in [0.1, 0.15) is 5.82 Å². The molecule has 1 aliphatic heterocycles. The molecule has 100 valence electrons. The van der Waals surface area contributed by atoms with Crippen molar-refractivity contribution < 1.29 is 9.13 Å². The third kappa shape index (κ3) is 4.72.